The summed E-state index contributed by atoms with van der Waals surface area (Å²) in [6, 6.07) is 41.3. The van der Waals surface area contributed by atoms with Crippen LogP contribution in [0.15, 0.2) is 126 Å². The molecular formula is C41H32BN3O3S51. The third-order valence-electron chi connectivity index (χ3n) is 11.3. The highest BCUT2D eigenvalue weighted by atomic mass is 33.5. The molecule has 0 N–H and O–H groups in total. The number of fused-ring (bicyclic) bond motifs is 6. The summed E-state index contributed by atoms with van der Waals surface area (Å²) in [4.78, 5) is 15.4. The second kappa shape index (κ2) is 55.4. The molecular weight excluding hydrogens is 2230 g/mol. The molecule has 538 valence electrons. The van der Waals surface area contributed by atoms with Gasteiger partial charge in [-0.3, -0.25) is 0 Å². The van der Waals surface area contributed by atoms with Crippen molar-refractivity contribution in [2.75, 3.05) is 0 Å². The normalized spacial score (nSPS) is 11.6. The smallest absolute Gasteiger partial charge is 0.456 e. The molecule has 0 spiro atoms. The highest BCUT2D eigenvalue weighted by Gasteiger charge is 2.51. The zero-order valence-electron chi connectivity index (χ0n) is 48.0. The van der Waals surface area contributed by atoms with E-state index in [-0.39, 0.29) is 0 Å². The lowest BCUT2D eigenvalue weighted by Gasteiger charge is -2.32. The van der Waals surface area contributed by atoms with Crippen LogP contribution in [0.5, 0.6) is 0 Å². The van der Waals surface area contributed by atoms with Crippen LogP contribution >= 0.6 is 0 Å². The number of aromatic nitrogens is 3. The minimum atomic E-state index is -0.494. The topological polar surface area (TPSA) is 70.3 Å². The predicted molar refractivity (Wildman–Crippen MR) is 570 cm³/mol. The van der Waals surface area contributed by atoms with E-state index in [1.807, 2.05) is 365 Å². The average molecular weight is 2260 g/mol. The lowest BCUT2D eigenvalue weighted by Crippen LogP contribution is -2.41. The summed E-state index contributed by atoms with van der Waals surface area (Å²) < 4.78 is 19.2. The third kappa shape index (κ3) is 34.1. The van der Waals surface area contributed by atoms with Crippen molar-refractivity contribution in [1.82, 2.24) is 15.0 Å². The van der Waals surface area contributed by atoms with Crippen LogP contribution in [-0.2, 0) is 467 Å². The van der Waals surface area contributed by atoms with Crippen molar-refractivity contribution in [3.05, 3.63) is 121 Å². The predicted octanol–water partition coefficient (Wildman–Crippen LogP) is 9.26. The summed E-state index contributed by atoms with van der Waals surface area (Å²) in [5.41, 5.74) is 4.31. The fourth-order valence-corrected chi connectivity index (χ4v) is 136. The molecule has 3 heterocycles. The maximum Gasteiger partial charge on any atom is 0.494 e. The van der Waals surface area contributed by atoms with Gasteiger partial charge in [0.25, 0.3) is 0 Å². The largest absolute Gasteiger partial charge is 0.494 e. The Bertz CT molecular complexity index is 6730. The fraction of sp³-hybridized carbons (Fsp3) is 0.146. The van der Waals surface area contributed by atoms with Crippen molar-refractivity contribution >= 4 is 514 Å². The van der Waals surface area contributed by atoms with E-state index in [0.717, 1.165) is 60.3 Å². The van der Waals surface area contributed by atoms with E-state index in [2.05, 4.69) is 94.4 Å². The second-order valence-electron chi connectivity index (χ2n) is 16.8. The molecule has 58 heteroatoms. The third-order valence-corrected chi connectivity index (χ3v) is 118. The van der Waals surface area contributed by atoms with Crippen molar-refractivity contribution in [3.8, 4) is 34.2 Å². The molecule has 2 aromatic heterocycles. The Labute approximate surface area is 720 Å². The molecule has 6 aromatic carbocycles. The number of benzene rings is 6. The van der Waals surface area contributed by atoms with Gasteiger partial charge in [0.05, 0.1) is 11.2 Å². The van der Waals surface area contributed by atoms with Crippen LogP contribution in [0.3, 0.4) is 0 Å². The first-order chi connectivity index (χ1) is 48.7. The van der Waals surface area contributed by atoms with Gasteiger partial charge in [-0.15, -0.1) is 0 Å². The van der Waals surface area contributed by atoms with Crippen molar-refractivity contribution < 1.29 is 13.7 Å². The Hall–Kier alpha value is 5.85. The van der Waals surface area contributed by atoms with Gasteiger partial charge in [0.15, 0.2) is 17.5 Å². The SMILES string of the molecule is CC1(C)OB(c2ccc3oc4cccc(-c5nc(-c6ccccc6)nc(-c6cc7ccccc7c7ccccc67)n5)c4c3c2)OC1(C)C.S=S=S=S=S=S=S=S=S=S=S=S=S=S=S=S=S=S=S=S=S=S=S=S=S=S=S=S=S=S=S=S=S=S=S=S=S=S=S=S=S=S=S=S=S=S=S=S=S=S=S. The maximum absolute atomic E-state index is 6.41. The van der Waals surface area contributed by atoms with Gasteiger partial charge in [0.1, 0.15) is 11.2 Å². The molecule has 1 fully saturated rings. The highest BCUT2D eigenvalue weighted by molar-refractivity contribution is 8.82. The van der Waals surface area contributed by atoms with E-state index >= 15 is 0 Å². The number of hydrogen-bond acceptors (Lipinski definition) is 8. The molecule has 8 aromatic rings. The monoisotopic (exact) mass is 2260 g/mol. The molecule has 1 aliphatic rings. The van der Waals surface area contributed by atoms with Crippen LogP contribution in [0.1, 0.15) is 27.7 Å². The van der Waals surface area contributed by atoms with Gasteiger partial charge in [-0.05, 0) is 72.9 Å². The molecule has 0 radical (unpaired) electrons. The summed E-state index contributed by atoms with van der Waals surface area (Å²) in [5, 5.41) is 6.46. The molecule has 99 heavy (non-hydrogen) atoms. The van der Waals surface area contributed by atoms with E-state index in [0.29, 0.717) is 17.5 Å². The summed E-state index contributed by atoms with van der Waals surface area (Å²) in [7, 11) is 87.0. The summed E-state index contributed by atoms with van der Waals surface area (Å²) >= 11 is 9.63. The van der Waals surface area contributed by atoms with Crippen LogP contribution in [0.4, 0.5) is 0 Å². The number of furan rings is 1. The molecule has 1 aliphatic heterocycles. The fourth-order valence-electron chi connectivity index (χ4n) is 7.26. The molecule has 0 amide bonds. The van der Waals surface area contributed by atoms with E-state index in [1.165, 1.54) is 23.1 Å². The van der Waals surface area contributed by atoms with E-state index in [1.54, 1.807) is 107 Å². The molecule has 0 bridgehead atoms. The van der Waals surface area contributed by atoms with Crippen molar-refractivity contribution in [2.45, 2.75) is 38.9 Å². The molecule has 9 rings (SSSR count). The van der Waals surface area contributed by atoms with Gasteiger partial charge in [-0.1, -0.05) is 103 Å². The van der Waals surface area contributed by atoms with Crippen LogP contribution in [0.2, 0.25) is 0 Å². The first kappa shape index (κ1) is 90.4. The molecule has 0 atom stereocenters. The molecule has 1 saturated heterocycles. The number of hydrogen-bond donors (Lipinski definition) is 0. The minimum absolute atomic E-state index is 0.446. The maximum atomic E-state index is 6.41. The summed E-state index contributed by atoms with van der Waals surface area (Å²) in [6.07, 6.45) is 0. The minimum Gasteiger partial charge on any atom is -0.456 e. The molecule has 6 nitrogen and oxygen atoms in total. The van der Waals surface area contributed by atoms with Crippen LogP contribution < -0.4 is 5.46 Å². The van der Waals surface area contributed by atoms with Crippen molar-refractivity contribution in [3.63, 3.8) is 0 Å². The first-order valence-electron chi connectivity index (χ1n) is 24.6. The van der Waals surface area contributed by atoms with Gasteiger partial charge in [-0.25, -0.2) is 15.0 Å². The standard InChI is InChI=1S/C41H32BN3O3.S51/c1-40(2)41(3,4)48-42(47-40)27-21-22-34-33(24-27)36-31(19-12-20-35(36)46-34)38-43-37(25-13-6-5-7-14-25)44-39(45-38)32-23-26-15-8-9-16-28(26)29-17-10-11-18-30(29)32;1-3-5-7-9-11-13-15-17-19-21-23-25-27-29-31-33-35-37-39-41-43-45-47-49-51-50-48-46-44-42-40-38-36-34-32-30-28-26-24-22-20-18-16-14-12-10-8-6-4-2/h5-24H,1-4H3;. The molecule has 0 saturated carbocycles. The van der Waals surface area contributed by atoms with Gasteiger partial charge in [-0.2, -0.15) is 0 Å². The quantitative estimate of drug-likeness (QED) is 0.128. The van der Waals surface area contributed by atoms with Crippen LogP contribution in [-0.4, -0.2) is 33.3 Å². The zero-order chi connectivity index (χ0) is 69.3. The van der Waals surface area contributed by atoms with Gasteiger partial charge in [0.2, 0.25) is 0 Å². The Morgan fingerprint density at radius 3 is 1.04 bits per heavy atom. The van der Waals surface area contributed by atoms with Crippen LogP contribution in [0.25, 0.3) is 77.6 Å². The van der Waals surface area contributed by atoms with Crippen molar-refractivity contribution in [1.29, 1.82) is 0 Å². The van der Waals surface area contributed by atoms with E-state index in [4.69, 9.17) is 51.1 Å². The molecule has 0 unspecified atom stereocenters. The zero-order valence-corrected chi connectivity index (χ0v) is 89.7. The summed E-state index contributed by atoms with van der Waals surface area (Å²) in [6.45, 7) is 8.27. The van der Waals surface area contributed by atoms with E-state index in [9.17, 15) is 0 Å². The molecule has 0 aliphatic carbocycles. The Balaban J connectivity index is 0.000000252. The Morgan fingerprint density at radius 1 is 0.293 bits per heavy atom. The Kier molecular flexibility index (Phi) is 50.6. The lowest BCUT2D eigenvalue weighted by molar-refractivity contribution is 0.00578. The average Bonchev–Trinajstić information content (AvgIpc) is 1.70. The second-order valence-corrected chi connectivity index (χ2v) is 104. The summed E-state index contributed by atoms with van der Waals surface area (Å²) in [5.74, 6) is 1.80. The highest BCUT2D eigenvalue weighted by Crippen LogP contribution is 2.40. The Morgan fingerprint density at radius 2 is 0.636 bits per heavy atom. The van der Waals surface area contributed by atoms with Crippen molar-refractivity contribution in [2.24, 2.45) is 0 Å². The number of rotatable bonds is 4. The van der Waals surface area contributed by atoms with Gasteiger partial charge >= 0.3 is 7.12 Å². The van der Waals surface area contributed by atoms with Gasteiger partial charge < -0.3 is 13.7 Å². The number of nitrogens with zero attached hydrogens (tertiary/aromatic N) is 3. The van der Waals surface area contributed by atoms with Crippen LogP contribution in [0, 0.1) is 0 Å². The van der Waals surface area contributed by atoms with Gasteiger partial charge in [0, 0.05) is 485 Å². The lowest BCUT2D eigenvalue weighted by atomic mass is 9.78. The first-order valence-corrected chi connectivity index (χ1v) is 91.3. The van der Waals surface area contributed by atoms with E-state index < -0.39 is 18.3 Å².